The van der Waals surface area contributed by atoms with E-state index in [0.29, 0.717) is 23.5 Å². The van der Waals surface area contributed by atoms with E-state index in [2.05, 4.69) is 36.3 Å². The highest BCUT2D eigenvalue weighted by Gasteiger charge is 2.19. The standard InChI is InChI=1S/C17H17BrN4O5S/c18-14-7-6-13(27-14)17(24)20-10-16(23)21-11-3-1-4-12(9-11)28(25,26)22-15-5-2-8-19-15/h1,3-4,6-7,9H,2,5,8,10H2,(H,19,22)(H,20,24)(H,21,23). The van der Waals surface area contributed by atoms with Crippen LogP contribution in [0.25, 0.3) is 0 Å². The second-order valence-electron chi connectivity index (χ2n) is 5.90. The molecule has 0 bridgehead atoms. The van der Waals surface area contributed by atoms with Crippen LogP contribution in [0, 0.1) is 0 Å². The highest BCUT2D eigenvalue weighted by Crippen LogP contribution is 2.17. The lowest BCUT2D eigenvalue weighted by molar-refractivity contribution is -0.115. The minimum absolute atomic E-state index is 0.00405. The molecule has 28 heavy (non-hydrogen) atoms. The zero-order valence-corrected chi connectivity index (χ0v) is 17.0. The second-order valence-corrected chi connectivity index (χ2v) is 8.36. The van der Waals surface area contributed by atoms with Crippen molar-refractivity contribution in [2.24, 2.45) is 4.99 Å². The first kappa shape index (κ1) is 20.1. The van der Waals surface area contributed by atoms with Crippen molar-refractivity contribution in [3.8, 4) is 0 Å². The molecule has 2 heterocycles. The molecule has 0 aliphatic carbocycles. The maximum atomic E-state index is 12.4. The summed E-state index contributed by atoms with van der Waals surface area (Å²) in [5.41, 5.74) is 0.288. The molecule has 0 fully saturated rings. The van der Waals surface area contributed by atoms with Crippen LogP contribution in [0.4, 0.5) is 5.69 Å². The first-order valence-corrected chi connectivity index (χ1v) is 10.6. The molecule has 0 saturated heterocycles. The third-order valence-electron chi connectivity index (χ3n) is 3.76. The van der Waals surface area contributed by atoms with Crippen LogP contribution in [0.1, 0.15) is 23.4 Å². The number of carbonyl (C=O) groups is 2. The molecule has 0 radical (unpaired) electrons. The fourth-order valence-electron chi connectivity index (χ4n) is 2.47. The summed E-state index contributed by atoms with van der Waals surface area (Å²) in [4.78, 5) is 28.0. The summed E-state index contributed by atoms with van der Waals surface area (Å²) in [5.74, 6) is -0.559. The van der Waals surface area contributed by atoms with E-state index in [9.17, 15) is 18.0 Å². The first-order chi connectivity index (χ1) is 13.3. The second kappa shape index (κ2) is 8.57. The molecule has 148 valence electrons. The van der Waals surface area contributed by atoms with Gasteiger partial charge in [0.15, 0.2) is 10.4 Å². The molecule has 2 aromatic rings. The molecule has 0 spiro atoms. The number of benzene rings is 1. The van der Waals surface area contributed by atoms with Gasteiger partial charge in [-0.1, -0.05) is 6.07 Å². The normalized spacial score (nSPS) is 13.7. The average Bonchev–Trinajstić information content (AvgIpc) is 3.31. The van der Waals surface area contributed by atoms with Gasteiger partial charge < -0.3 is 15.1 Å². The lowest BCUT2D eigenvalue weighted by Gasteiger charge is -2.10. The molecule has 0 unspecified atom stereocenters. The lowest BCUT2D eigenvalue weighted by atomic mass is 10.3. The van der Waals surface area contributed by atoms with Crippen molar-refractivity contribution >= 4 is 49.3 Å². The number of nitrogens with one attached hydrogen (secondary N) is 3. The Balaban J connectivity index is 1.59. The highest BCUT2D eigenvalue weighted by molar-refractivity contribution is 9.10. The van der Waals surface area contributed by atoms with E-state index < -0.39 is 21.8 Å². The van der Waals surface area contributed by atoms with Gasteiger partial charge in [-0.15, -0.1) is 0 Å². The Hall–Kier alpha value is -2.66. The van der Waals surface area contributed by atoms with Crippen LogP contribution >= 0.6 is 15.9 Å². The predicted molar refractivity (Wildman–Crippen MR) is 106 cm³/mol. The molecule has 3 rings (SSSR count). The van der Waals surface area contributed by atoms with Gasteiger partial charge in [0.25, 0.3) is 15.9 Å². The average molecular weight is 469 g/mol. The van der Waals surface area contributed by atoms with Gasteiger partial charge in [0.05, 0.1) is 11.4 Å². The lowest BCUT2D eigenvalue weighted by Crippen LogP contribution is -2.32. The van der Waals surface area contributed by atoms with Crippen molar-refractivity contribution in [2.75, 3.05) is 18.4 Å². The van der Waals surface area contributed by atoms with Crippen molar-refractivity contribution in [3.05, 3.63) is 46.8 Å². The van der Waals surface area contributed by atoms with Gasteiger partial charge in [0.1, 0.15) is 5.84 Å². The third kappa shape index (κ3) is 5.20. The summed E-state index contributed by atoms with van der Waals surface area (Å²) < 4.78 is 32.8. The maximum Gasteiger partial charge on any atom is 0.287 e. The van der Waals surface area contributed by atoms with Gasteiger partial charge >= 0.3 is 0 Å². The fourth-order valence-corrected chi connectivity index (χ4v) is 3.91. The van der Waals surface area contributed by atoms with Crippen molar-refractivity contribution in [3.63, 3.8) is 0 Å². The van der Waals surface area contributed by atoms with Crippen LogP contribution in [0.2, 0.25) is 0 Å². The summed E-state index contributed by atoms with van der Waals surface area (Å²) in [6.07, 6.45) is 1.40. The molecule has 2 amide bonds. The van der Waals surface area contributed by atoms with Gasteiger partial charge in [0, 0.05) is 18.7 Å². The number of nitrogens with zero attached hydrogens (tertiary/aromatic N) is 1. The van der Waals surface area contributed by atoms with E-state index in [1.807, 2.05) is 0 Å². The number of sulfonamides is 1. The molecular formula is C17H17BrN4O5S. The van der Waals surface area contributed by atoms with Crippen LogP contribution in [-0.2, 0) is 14.8 Å². The molecule has 11 heteroatoms. The van der Waals surface area contributed by atoms with Crippen molar-refractivity contribution in [1.82, 2.24) is 10.0 Å². The molecule has 0 saturated carbocycles. The quantitative estimate of drug-likeness (QED) is 0.595. The number of aliphatic imine (C=N–C) groups is 1. The van der Waals surface area contributed by atoms with Gasteiger partial charge in [-0.25, -0.2) is 8.42 Å². The number of rotatable bonds is 6. The van der Waals surface area contributed by atoms with Crippen LogP contribution in [0.15, 0.2) is 55.4 Å². The Kier molecular flexibility index (Phi) is 6.15. The largest absolute Gasteiger partial charge is 0.444 e. The Morgan fingerprint density at radius 1 is 1.21 bits per heavy atom. The number of furan rings is 1. The van der Waals surface area contributed by atoms with Crippen molar-refractivity contribution < 1.29 is 22.4 Å². The molecular weight excluding hydrogens is 452 g/mol. The van der Waals surface area contributed by atoms with E-state index in [1.54, 1.807) is 12.1 Å². The summed E-state index contributed by atoms with van der Waals surface area (Å²) >= 11 is 3.09. The number of anilines is 1. The zero-order chi connectivity index (χ0) is 20.1. The van der Waals surface area contributed by atoms with Gasteiger partial charge in [0.2, 0.25) is 5.91 Å². The van der Waals surface area contributed by atoms with Gasteiger partial charge in [-0.05, 0) is 52.7 Å². The SMILES string of the molecule is O=C(CNC(=O)c1ccc(Br)o1)Nc1cccc(S(=O)(=O)NC2=NCCC2)c1. The van der Waals surface area contributed by atoms with Crippen LogP contribution in [-0.4, -0.2) is 39.2 Å². The summed E-state index contributed by atoms with van der Waals surface area (Å²) in [6.45, 7) is 0.303. The van der Waals surface area contributed by atoms with E-state index >= 15 is 0 Å². The number of amides is 2. The van der Waals surface area contributed by atoms with Crippen LogP contribution < -0.4 is 15.4 Å². The molecule has 1 aromatic carbocycles. The number of amidine groups is 1. The van der Waals surface area contributed by atoms with Gasteiger partial charge in [-0.3, -0.25) is 19.3 Å². The molecule has 3 N–H and O–H groups in total. The monoisotopic (exact) mass is 468 g/mol. The molecule has 1 aliphatic rings. The van der Waals surface area contributed by atoms with Crippen molar-refractivity contribution in [2.45, 2.75) is 17.7 Å². The number of carbonyl (C=O) groups excluding carboxylic acids is 2. The molecule has 9 nitrogen and oxygen atoms in total. The molecule has 1 aromatic heterocycles. The zero-order valence-electron chi connectivity index (χ0n) is 14.6. The first-order valence-electron chi connectivity index (χ1n) is 8.33. The Morgan fingerprint density at radius 2 is 2.04 bits per heavy atom. The summed E-state index contributed by atoms with van der Waals surface area (Å²) in [5, 5.41) is 4.96. The smallest absolute Gasteiger partial charge is 0.287 e. The topological polar surface area (TPSA) is 130 Å². The summed E-state index contributed by atoms with van der Waals surface area (Å²) in [7, 11) is -3.78. The summed E-state index contributed by atoms with van der Waals surface area (Å²) in [6, 6.07) is 8.85. The van der Waals surface area contributed by atoms with Crippen molar-refractivity contribution in [1.29, 1.82) is 0 Å². The Bertz CT molecular complexity index is 1030. The van der Waals surface area contributed by atoms with Crippen LogP contribution in [0.3, 0.4) is 0 Å². The molecule has 1 aliphatic heterocycles. The minimum Gasteiger partial charge on any atom is -0.444 e. The minimum atomic E-state index is -3.78. The Morgan fingerprint density at radius 3 is 2.71 bits per heavy atom. The van der Waals surface area contributed by atoms with E-state index in [1.165, 1.54) is 24.3 Å². The maximum absolute atomic E-state index is 12.4. The van der Waals surface area contributed by atoms with Gasteiger partial charge in [-0.2, -0.15) is 0 Å². The number of halogens is 1. The van der Waals surface area contributed by atoms with E-state index in [-0.39, 0.29) is 22.9 Å². The number of hydrogen-bond donors (Lipinski definition) is 3. The fraction of sp³-hybridized carbons (Fsp3) is 0.235. The molecule has 0 atom stereocenters. The predicted octanol–water partition coefficient (Wildman–Crippen LogP) is 1.88. The third-order valence-corrected chi connectivity index (χ3v) is 5.57. The van der Waals surface area contributed by atoms with E-state index in [4.69, 9.17) is 4.42 Å². The highest BCUT2D eigenvalue weighted by atomic mass is 79.9. The number of hydrogen-bond acceptors (Lipinski definition) is 6. The Labute approximate surface area is 169 Å². The van der Waals surface area contributed by atoms with E-state index in [0.717, 1.165) is 6.42 Å². The van der Waals surface area contributed by atoms with Crippen LogP contribution in [0.5, 0.6) is 0 Å².